The number of para-hydroxylation sites is 1. The molecule has 0 spiro atoms. The van der Waals surface area contributed by atoms with Crippen LogP contribution in [-0.4, -0.2) is 34.8 Å². The van der Waals surface area contributed by atoms with E-state index < -0.39 is 0 Å². The summed E-state index contributed by atoms with van der Waals surface area (Å²) in [6.07, 6.45) is 2.98. The minimum atomic E-state index is -0.0954. The normalized spacial score (nSPS) is 16.0. The van der Waals surface area contributed by atoms with Gasteiger partial charge in [0.05, 0.1) is 11.7 Å². The van der Waals surface area contributed by atoms with Crippen LogP contribution in [0.3, 0.4) is 0 Å². The van der Waals surface area contributed by atoms with E-state index in [0.29, 0.717) is 5.75 Å². The van der Waals surface area contributed by atoms with Gasteiger partial charge in [0.15, 0.2) is 6.61 Å². The van der Waals surface area contributed by atoms with Crippen molar-refractivity contribution in [1.29, 1.82) is 0 Å². The lowest BCUT2D eigenvalue weighted by molar-refractivity contribution is -0.137. The number of anilines is 1. The van der Waals surface area contributed by atoms with Crippen molar-refractivity contribution < 1.29 is 14.3 Å². The quantitative estimate of drug-likeness (QED) is 0.598. The highest BCUT2D eigenvalue weighted by Gasteiger charge is 2.30. The molecule has 0 saturated carbocycles. The minimum absolute atomic E-state index is 0.00929. The van der Waals surface area contributed by atoms with E-state index in [1.807, 2.05) is 64.9 Å². The number of ether oxygens (including phenoxy) is 1. The summed E-state index contributed by atoms with van der Waals surface area (Å²) < 4.78 is 5.68. The van der Waals surface area contributed by atoms with Gasteiger partial charge in [-0.15, -0.1) is 11.3 Å². The van der Waals surface area contributed by atoms with Crippen molar-refractivity contribution in [2.75, 3.05) is 18.5 Å². The zero-order valence-electron chi connectivity index (χ0n) is 17.4. The Bertz CT molecular complexity index is 1030. The Morgan fingerprint density at radius 2 is 1.90 bits per heavy atom. The van der Waals surface area contributed by atoms with Crippen LogP contribution in [0.5, 0.6) is 5.75 Å². The summed E-state index contributed by atoms with van der Waals surface area (Å²) in [4.78, 5) is 30.9. The average molecular weight is 436 g/mol. The second-order valence-electron chi connectivity index (χ2n) is 7.53. The number of amides is 2. The Labute approximate surface area is 185 Å². The summed E-state index contributed by atoms with van der Waals surface area (Å²) >= 11 is 1.59. The van der Waals surface area contributed by atoms with Crippen LogP contribution in [0.1, 0.15) is 37.2 Å². The fourth-order valence-corrected chi connectivity index (χ4v) is 4.71. The number of carbonyl (C=O) groups is 2. The number of carbonyl (C=O) groups excluding carboxylic acids is 2. The number of nitrogens with one attached hydrogen (secondary N) is 1. The maximum absolute atomic E-state index is 12.9. The number of likely N-dealkylation sites (tertiary alicyclic amines) is 1. The van der Waals surface area contributed by atoms with E-state index >= 15 is 0 Å². The van der Waals surface area contributed by atoms with Crippen LogP contribution in [0, 0.1) is 0 Å². The second-order valence-corrected chi connectivity index (χ2v) is 8.42. The second kappa shape index (κ2) is 9.75. The summed E-state index contributed by atoms with van der Waals surface area (Å²) in [5.74, 6) is 0.593. The van der Waals surface area contributed by atoms with Gasteiger partial charge in [-0.05, 0) is 43.5 Å². The smallest absolute Gasteiger partial charge is 0.261 e. The molecule has 2 amide bonds. The molecule has 3 aromatic rings. The third kappa shape index (κ3) is 5.30. The summed E-state index contributed by atoms with van der Waals surface area (Å²) in [5.41, 5.74) is 2.62. The van der Waals surface area contributed by atoms with Gasteiger partial charge in [0.2, 0.25) is 5.91 Å². The molecular formula is C24H25N3O3S. The molecule has 1 fully saturated rings. The van der Waals surface area contributed by atoms with E-state index in [9.17, 15) is 9.59 Å². The first kappa shape index (κ1) is 21.1. The summed E-state index contributed by atoms with van der Waals surface area (Å²) in [7, 11) is 0. The Kier molecular flexibility index (Phi) is 6.62. The highest BCUT2D eigenvalue weighted by molar-refractivity contribution is 7.10. The van der Waals surface area contributed by atoms with Crippen LogP contribution in [0.2, 0.25) is 0 Å². The third-order valence-electron chi connectivity index (χ3n) is 5.24. The number of nitrogens with zero attached hydrogens (tertiary/aromatic N) is 2. The first-order chi connectivity index (χ1) is 15.1. The molecule has 7 heteroatoms. The molecule has 1 aliphatic heterocycles. The van der Waals surface area contributed by atoms with Crippen LogP contribution < -0.4 is 10.1 Å². The van der Waals surface area contributed by atoms with Crippen molar-refractivity contribution in [2.24, 2.45) is 0 Å². The van der Waals surface area contributed by atoms with Crippen LogP contribution in [0.4, 0.5) is 5.69 Å². The van der Waals surface area contributed by atoms with Crippen molar-refractivity contribution in [3.63, 3.8) is 0 Å². The molecule has 0 bridgehead atoms. The number of aromatic nitrogens is 1. The van der Waals surface area contributed by atoms with Crippen molar-refractivity contribution in [1.82, 2.24) is 9.88 Å². The van der Waals surface area contributed by atoms with E-state index in [4.69, 9.17) is 9.72 Å². The van der Waals surface area contributed by atoms with Gasteiger partial charge < -0.3 is 15.0 Å². The first-order valence-corrected chi connectivity index (χ1v) is 11.3. The molecule has 4 rings (SSSR count). The highest BCUT2D eigenvalue weighted by Crippen LogP contribution is 2.35. The SMILES string of the molecule is CC(=O)Nc1ccc(-c2csc([C@H]3CCCCN3C(=O)COc3ccccc3)n2)cc1. The molecule has 6 nitrogen and oxygen atoms in total. The lowest BCUT2D eigenvalue weighted by atomic mass is 10.0. The zero-order valence-corrected chi connectivity index (χ0v) is 18.2. The summed E-state index contributed by atoms with van der Waals surface area (Å²) in [6.45, 7) is 2.24. The molecule has 31 heavy (non-hydrogen) atoms. The first-order valence-electron chi connectivity index (χ1n) is 10.4. The third-order valence-corrected chi connectivity index (χ3v) is 6.18. The molecule has 1 aliphatic rings. The molecule has 1 saturated heterocycles. The van der Waals surface area contributed by atoms with Crippen LogP contribution in [-0.2, 0) is 9.59 Å². The Morgan fingerprint density at radius 3 is 2.65 bits per heavy atom. The molecule has 2 heterocycles. The van der Waals surface area contributed by atoms with Crippen molar-refractivity contribution >= 4 is 28.8 Å². The van der Waals surface area contributed by atoms with Crippen LogP contribution in [0.25, 0.3) is 11.3 Å². The molecular weight excluding hydrogens is 410 g/mol. The Balaban J connectivity index is 1.45. The van der Waals surface area contributed by atoms with E-state index in [2.05, 4.69) is 5.32 Å². The van der Waals surface area contributed by atoms with Gasteiger partial charge in [0.1, 0.15) is 10.8 Å². The fourth-order valence-electron chi connectivity index (χ4n) is 3.73. The molecule has 1 N–H and O–H groups in total. The van der Waals surface area contributed by atoms with Gasteiger partial charge in [0, 0.05) is 30.1 Å². The average Bonchev–Trinajstić information content (AvgIpc) is 3.28. The molecule has 0 unspecified atom stereocenters. The standard InChI is InChI=1S/C24H25N3O3S/c1-17(28)25-19-12-10-18(11-13-19)21-16-31-24(26-21)22-9-5-6-14-27(22)23(29)15-30-20-7-3-2-4-8-20/h2-4,7-8,10-13,16,22H,5-6,9,14-15H2,1H3,(H,25,28)/t22-/m1/s1. The number of benzene rings is 2. The van der Waals surface area contributed by atoms with Crippen molar-refractivity contribution in [2.45, 2.75) is 32.2 Å². The topological polar surface area (TPSA) is 71.5 Å². The van der Waals surface area contributed by atoms with Crippen molar-refractivity contribution in [3.8, 4) is 17.0 Å². The van der Waals surface area contributed by atoms with E-state index in [1.165, 1.54) is 6.92 Å². The van der Waals surface area contributed by atoms with Gasteiger partial charge in [0.25, 0.3) is 5.91 Å². The lowest BCUT2D eigenvalue weighted by Crippen LogP contribution is -2.41. The lowest BCUT2D eigenvalue weighted by Gasteiger charge is -2.34. The van der Waals surface area contributed by atoms with Gasteiger partial charge in [-0.25, -0.2) is 4.98 Å². The predicted molar refractivity (Wildman–Crippen MR) is 122 cm³/mol. The minimum Gasteiger partial charge on any atom is -0.484 e. The molecule has 0 radical (unpaired) electrons. The van der Waals surface area contributed by atoms with Crippen LogP contribution in [0.15, 0.2) is 60.0 Å². The van der Waals surface area contributed by atoms with Gasteiger partial charge in [-0.2, -0.15) is 0 Å². The largest absolute Gasteiger partial charge is 0.484 e. The zero-order chi connectivity index (χ0) is 21.6. The number of thiazole rings is 1. The molecule has 0 aliphatic carbocycles. The molecule has 1 aromatic heterocycles. The highest BCUT2D eigenvalue weighted by atomic mass is 32.1. The maximum atomic E-state index is 12.9. The molecule has 1 atom stereocenters. The van der Waals surface area contributed by atoms with Gasteiger partial charge >= 0.3 is 0 Å². The van der Waals surface area contributed by atoms with E-state index in [0.717, 1.165) is 47.8 Å². The number of rotatable bonds is 6. The molecule has 160 valence electrons. The monoisotopic (exact) mass is 435 g/mol. The Hall–Kier alpha value is -3.19. The van der Waals surface area contributed by atoms with Crippen LogP contribution >= 0.6 is 11.3 Å². The van der Waals surface area contributed by atoms with Gasteiger partial charge in [-0.1, -0.05) is 30.3 Å². The van der Waals surface area contributed by atoms with E-state index in [1.54, 1.807) is 11.3 Å². The van der Waals surface area contributed by atoms with Crippen molar-refractivity contribution in [3.05, 3.63) is 65.0 Å². The number of hydrogen-bond acceptors (Lipinski definition) is 5. The maximum Gasteiger partial charge on any atom is 0.261 e. The Morgan fingerprint density at radius 1 is 1.13 bits per heavy atom. The van der Waals surface area contributed by atoms with E-state index in [-0.39, 0.29) is 24.5 Å². The predicted octanol–water partition coefficient (Wildman–Crippen LogP) is 4.90. The fraction of sp³-hybridized carbons (Fsp3) is 0.292. The molecule has 2 aromatic carbocycles. The summed E-state index contributed by atoms with van der Waals surface area (Å²) in [6, 6.07) is 17.0. The number of hydrogen-bond donors (Lipinski definition) is 1. The summed E-state index contributed by atoms with van der Waals surface area (Å²) in [5, 5.41) is 5.75. The van der Waals surface area contributed by atoms with Gasteiger partial charge in [-0.3, -0.25) is 9.59 Å². The number of piperidine rings is 1.